The molecule has 0 radical (unpaired) electrons. The van der Waals surface area contributed by atoms with Crippen LogP contribution >= 0.6 is 22.9 Å². The molecule has 2 heterocycles. The van der Waals surface area contributed by atoms with Crippen molar-refractivity contribution < 1.29 is 0 Å². The largest absolute Gasteiger partial charge is 0.360 e. The van der Waals surface area contributed by atoms with E-state index in [1.54, 1.807) is 11.3 Å². The van der Waals surface area contributed by atoms with E-state index in [1.165, 1.54) is 16.5 Å². The molecule has 0 saturated carbocycles. The maximum absolute atomic E-state index is 4.39. The summed E-state index contributed by atoms with van der Waals surface area (Å²) in [7, 11) is 0. The minimum absolute atomic E-state index is 0.826. The quantitative estimate of drug-likeness (QED) is 0.890. The summed E-state index contributed by atoms with van der Waals surface area (Å²) in [4.78, 5) is 8.62. The van der Waals surface area contributed by atoms with E-state index in [0.29, 0.717) is 0 Å². The molecule has 6 heteroatoms. The van der Waals surface area contributed by atoms with Crippen molar-refractivity contribution in [2.24, 2.45) is 0 Å². The fraction of sp³-hybridized carbons (Fsp3) is 0.444. The summed E-state index contributed by atoms with van der Waals surface area (Å²) in [5.41, 5.74) is 1.10. The first-order chi connectivity index (χ1) is 7.24. The van der Waals surface area contributed by atoms with Crippen molar-refractivity contribution in [3.05, 3.63) is 21.9 Å². The number of rotatable bonds is 4. The molecule has 0 aliphatic carbocycles. The van der Waals surface area contributed by atoms with E-state index in [1.807, 2.05) is 13.8 Å². The summed E-state index contributed by atoms with van der Waals surface area (Å²) < 4.78 is 4.10. The highest BCUT2D eigenvalue weighted by Gasteiger charge is 2.01. The normalized spacial score (nSPS) is 10.5. The number of nitrogens with one attached hydrogen (secondary N) is 1. The Kier molecular flexibility index (Phi) is 3.27. The Morgan fingerprint density at radius 1 is 1.33 bits per heavy atom. The van der Waals surface area contributed by atoms with Crippen LogP contribution in [0.5, 0.6) is 0 Å². The fourth-order valence-electron chi connectivity index (χ4n) is 1.16. The summed E-state index contributed by atoms with van der Waals surface area (Å²) in [6.07, 6.45) is 0.942. The van der Waals surface area contributed by atoms with Crippen molar-refractivity contribution in [3.8, 4) is 0 Å². The average molecular weight is 240 g/mol. The number of anilines is 1. The van der Waals surface area contributed by atoms with Crippen LogP contribution in [-0.2, 0) is 6.42 Å². The molecule has 80 valence electrons. The van der Waals surface area contributed by atoms with Gasteiger partial charge in [0.15, 0.2) is 0 Å². The number of hydrogen-bond donors (Lipinski definition) is 1. The number of aryl methyl sites for hydroxylation is 2. The molecular formula is C9H12N4S2. The number of hydrogen-bond acceptors (Lipinski definition) is 6. The van der Waals surface area contributed by atoms with Crippen molar-refractivity contribution in [2.45, 2.75) is 20.3 Å². The van der Waals surface area contributed by atoms with Crippen molar-refractivity contribution in [1.29, 1.82) is 0 Å². The van der Waals surface area contributed by atoms with Gasteiger partial charge in [-0.3, -0.25) is 0 Å². The molecule has 0 fully saturated rings. The summed E-state index contributed by atoms with van der Waals surface area (Å²) >= 11 is 3.11. The van der Waals surface area contributed by atoms with Gasteiger partial charge in [-0.25, -0.2) is 9.97 Å². The SMILES string of the molecule is Cc1csc(CCNc2nc(C)ns2)n1. The van der Waals surface area contributed by atoms with Gasteiger partial charge in [0.1, 0.15) is 5.82 Å². The summed E-state index contributed by atoms with van der Waals surface area (Å²) in [5.74, 6) is 0.826. The number of thiazole rings is 1. The van der Waals surface area contributed by atoms with Gasteiger partial charge in [-0.15, -0.1) is 11.3 Å². The zero-order chi connectivity index (χ0) is 10.7. The van der Waals surface area contributed by atoms with Crippen LogP contribution in [0.15, 0.2) is 5.38 Å². The first-order valence-electron chi connectivity index (χ1n) is 4.69. The Labute approximate surface area is 96.6 Å². The van der Waals surface area contributed by atoms with Crippen LogP contribution in [0.3, 0.4) is 0 Å². The van der Waals surface area contributed by atoms with E-state index >= 15 is 0 Å². The molecule has 0 amide bonds. The lowest BCUT2D eigenvalue weighted by Gasteiger charge is -1.98. The van der Waals surface area contributed by atoms with E-state index in [9.17, 15) is 0 Å². The predicted molar refractivity (Wildman–Crippen MR) is 63.7 cm³/mol. The Morgan fingerprint density at radius 2 is 2.20 bits per heavy atom. The second-order valence-electron chi connectivity index (χ2n) is 3.21. The summed E-state index contributed by atoms with van der Waals surface area (Å²) in [5, 5.41) is 7.37. The van der Waals surface area contributed by atoms with Crippen LogP contribution in [0.2, 0.25) is 0 Å². The fourth-order valence-corrected chi connectivity index (χ4v) is 2.54. The topological polar surface area (TPSA) is 50.7 Å². The molecule has 2 aromatic heterocycles. The molecule has 2 aromatic rings. The second kappa shape index (κ2) is 4.67. The monoisotopic (exact) mass is 240 g/mol. The Hall–Kier alpha value is -1.01. The van der Waals surface area contributed by atoms with E-state index in [-0.39, 0.29) is 0 Å². The minimum Gasteiger partial charge on any atom is -0.360 e. The smallest absolute Gasteiger partial charge is 0.202 e. The highest BCUT2D eigenvalue weighted by atomic mass is 32.1. The van der Waals surface area contributed by atoms with Crippen LogP contribution in [-0.4, -0.2) is 20.9 Å². The zero-order valence-electron chi connectivity index (χ0n) is 8.65. The molecule has 0 aromatic carbocycles. The van der Waals surface area contributed by atoms with Crippen LogP contribution in [0, 0.1) is 13.8 Å². The molecular weight excluding hydrogens is 228 g/mol. The molecule has 0 unspecified atom stereocenters. The third kappa shape index (κ3) is 2.97. The third-order valence-corrected chi connectivity index (χ3v) is 3.60. The molecule has 15 heavy (non-hydrogen) atoms. The van der Waals surface area contributed by atoms with Gasteiger partial charge in [0.2, 0.25) is 5.13 Å². The van der Waals surface area contributed by atoms with Crippen molar-refractivity contribution in [1.82, 2.24) is 14.3 Å². The standard InChI is InChI=1S/C9H12N4S2/c1-6-5-14-8(11-6)3-4-10-9-12-7(2)13-15-9/h5H,3-4H2,1-2H3,(H,10,12,13). The maximum atomic E-state index is 4.39. The van der Waals surface area contributed by atoms with Crippen molar-refractivity contribution >= 4 is 28.0 Å². The van der Waals surface area contributed by atoms with E-state index in [2.05, 4.69) is 25.0 Å². The lowest BCUT2D eigenvalue weighted by molar-refractivity contribution is 0.981. The van der Waals surface area contributed by atoms with Gasteiger partial charge in [-0.2, -0.15) is 4.37 Å². The zero-order valence-corrected chi connectivity index (χ0v) is 10.3. The van der Waals surface area contributed by atoms with Gasteiger partial charge in [-0.05, 0) is 13.8 Å². The van der Waals surface area contributed by atoms with Crippen LogP contribution in [0.1, 0.15) is 16.5 Å². The molecule has 0 bridgehead atoms. The maximum Gasteiger partial charge on any atom is 0.202 e. The average Bonchev–Trinajstić information content (AvgIpc) is 2.76. The second-order valence-corrected chi connectivity index (χ2v) is 4.90. The van der Waals surface area contributed by atoms with Gasteiger partial charge < -0.3 is 5.32 Å². The molecule has 1 N–H and O–H groups in total. The molecule has 0 aliphatic rings. The van der Waals surface area contributed by atoms with Crippen molar-refractivity contribution in [3.63, 3.8) is 0 Å². The molecule has 0 saturated heterocycles. The molecule has 0 atom stereocenters. The Morgan fingerprint density at radius 3 is 2.80 bits per heavy atom. The predicted octanol–water partition coefficient (Wildman–Crippen LogP) is 2.27. The number of nitrogens with zero attached hydrogens (tertiary/aromatic N) is 3. The third-order valence-electron chi connectivity index (χ3n) is 1.81. The molecule has 2 rings (SSSR count). The van der Waals surface area contributed by atoms with Gasteiger partial charge >= 0.3 is 0 Å². The Balaban J connectivity index is 1.80. The van der Waals surface area contributed by atoms with Crippen molar-refractivity contribution in [2.75, 3.05) is 11.9 Å². The van der Waals surface area contributed by atoms with Gasteiger partial charge in [0, 0.05) is 35.6 Å². The molecule has 0 spiro atoms. The van der Waals surface area contributed by atoms with Gasteiger partial charge in [0.05, 0.1) is 5.01 Å². The minimum atomic E-state index is 0.826. The highest BCUT2D eigenvalue weighted by Crippen LogP contribution is 2.12. The van der Waals surface area contributed by atoms with E-state index in [4.69, 9.17) is 0 Å². The van der Waals surface area contributed by atoms with Gasteiger partial charge in [-0.1, -0.05) is 0 Å². The first kappa shape index (κ1) is 10.5. The van der Waals surface area contributed by atoms with Crippen LogP contribution < -0.4 is 5.32 Å². The highest BCUT2D eigenvalue weighted by molar-refractivity contribution is 7.10. The van der Waals surface area contributed by atoms with Gasteiger partial charge in [0.25, 0.3) is 0 Å². The molecule has 0 aliphatic heterocycles. The van der Waals surface area contributed by atoms with Crippen LogP contribution in [0.4, 0.5) is 5.13 Å². The summed E-state index contributed by atoms with van der Waals surface area (Å²) in [6, 6.07) is 0. The Bertz CT molecular complexity index is 395. The lowest BCUT2D eigenvalue weighted by atomic mass is 10.4. The first-order valence-corrected chi connectivity index (χ1v) is 6.34. The van der Waals surface area contributed by atoms with E-state index in [0.717, 1.165) is 29.6 Å². The van der Waals surface area contributed by atoms with Crippen LogP contribution in [0.25, 0.3) is 0 Å². The molecule has 4 nitrogen and oxygen atoms in total. The lowest BCUT2D eigenvalue weighted by Crippen LogP contribution is -2.04. The number of aromatic nitrogens is 3. The van der Waals surface area contributed by atoms with E-state index < -0.39 is 0 Å². The summed E-state index contributed by atoms with van der Waals surface area (Å²) in [6.45, 7) is 4.77.